The number of allylic oxidation sites excluding steroid dienone is 1. The molecule has 0 saturated heterocycles. The Morgan fingerprint density at radius 1 is 1.37 bits per heavy atom. The molecular weight excluding hydrogens is 245 g/mol. The number of hydroxylamine groups is 2. The Morgan fingerprint density at radius 2 is 2.11 bits per heavy atom. The summed E-state index contributed by atoms with van der Waals surface area (Å²) in [6.07, 6.45) is 3.44. The van der Waals surface area contributed by atoms with Gasteiger partial charge in [0.25, 0.3) is 0 Å². The summed E-state index contributed by atoms with van der Waals surface area (Å²) < 4.78 is 13.3. The maximum absolute atomic E-state index is 13.3. The first kappa shape index (κ1) is 13.7. The highest BCUT2D eigenvalue weighted by molar-refractivity contribution is 6.17. The normalized spacial score (nSPS) is 14.0. The minimum atomic E-state index is -0.407. The van der Waals surface area contributed by atoms with E-state index in [1.807, 2.05) is 19.9 Å². The Balaban J connectivity index is 2.24. The van der Waals surface area contributed by atoms with Crippen molar-refractivity contribution >= 4 is 11.5 Å². The van der Waals surface area contributed by atoms with Gasteiger partial charge >= 0.3 is 5.97 Å². The van der Waals surface area contributed by atoms with Crippen LogP contribution in [0.5, 0.6) is 0 Å². The van der Waals surface area contributed by atoms with Gasteiger partial charge in [0.15, 0.2) is 0 Å². The molecule has 1 aliphatic carbocycles. The number of aryl methyl sites for hydroxylation is 1. The predicted molar refractivity (Wildman–Crippen MR) is 71.7 cm³/mol. The van der Waals surface area contributed by atoms with Crippen molar-refractivity contribution in [1.29, 1.82) is 0 Å². The van der Waals surface area contributed by atoms with Gasteiger partial charge in [-0.25, -0.2) is 9.18 Å². The van der Waals surface area contributed by atoms with Gasteiger partial charge in [-0.1, -0.05) is 12.1 Å². The highest BCUT2D eigenvalue weighted by Gasteiger charge is 2.22. The highest BCUT2D eigenvalue weighted by atomic mass is 19.1. The van der Waals surface area contributed by atoms with Gasteiger partial charge in [-0.2, -0.15) is 0 Å². The Bertz CT molecular complexity index is 507. The molecule has 1 aliphatic rings. The van der Waals surface area contributed by atoms with E-state index in [1.54, 1.807) is 11.1 Å². The van der Waals surface area contributed by atoms with Gasteiger partial charge in [-0.15, -0.1) is 5.06 Å². The van der Waals surface area contributed by atoms with Gasteiger partial charge in [0.05, 0.1) is 5.57 Å². The maximum atomic E-state index is 13.3. The maximum Gasteiger partial charge on any atom is 0.357 e. The number of fused-ring (bicyclic) bond motifs is 1. The van der Waals surface area contributed by atoms with E-state index in [1.165, 1.54) is 12.1 Å². The summed E-state index contributed by atoms with van der Waals surface area (Å²) in [5.74, 6) is -0.738. The fourth-order valence-electron chi connectivity index (χ4n) is 2.21. The largest absolute Gasteiger partial charge is 0.364 e. The Morgan fingerprint density at radius 3 is 2.79 bits per heavy atom. The number of rotatable bonds is 4. The Kier molecular flexibility index (Phi) is 4.32. The molecule has 102 valence electrons. The molecule has 3 nitrogen and oxygen atoms in total. The van der Waals surface area contributed by atoms with E-state index in [2.05, 4.69) is 0 Å². The van der Waals surface area contributed by atoms with Gasteiger partial charge in [-0.05, 0) is 49.9 Å². The van der Waals surface area contributed by atoms with Crippen molar-refractivity contribution in [2.75, 3.05) is 13.1 Å². The summed E-state index contributed by atoms with van der Waals surface area (Å²) in [6.45, 7) is 5.09. The molecule has 4 heteroatoms. The molecule has 0 bridgehead atoms. The van der Waals surface area contributed by atoms with Gasteiger partial charge in [0, 0.05) is 13.1 Å². The zero-order valence-corrected chi connectivity index (χ0v) is 11.3. The van der Waals surface area contributed by atoms with Crippen LogP contribution < -0.4 is 0 Å². The van der Waals surface area contributed by atoms with Crippen LogP contribution in [0.4, 0.5) is 4.39 Å². The van der Waals surface area contributed by atoms with E-state index >= 15 is 0 Å². The van der Waals surface area contributed by atoms with E-state index in [0.717, 1.165) is 18.4 Å². The summed E-state index contributed by atoms with van der Waals surface area (Å²) in [7, 11) is 0. The molecule has 1 aromatic carbocycles. The molecule has 0 fully saturated rings. The summed E-state index contributed by atoms with van der Waals surface area (Å²) in [5, 5.41) is 1.58. The molecule has 2 rings (SSSR count). The van der Waals surface area contributed by atoms with Crippen molar-refractivity contribution < 1.29 is 14.0 Å². The smallest absolute Gasteiger partial charge is 0.357 e. The third-order valence-corrected chi connectivity index (χ3v) is 3.26. The highest BCUT2D eigenvalue weighted by Crippen LogP contribution is 2.28. The summed E-state index contributed by atoms with van der Waals surface area (Å²) in [5.41, 5.74) is 2.12. The zero-order chi connectivity index (χ0) is 13.8. The molecule has 19 heavy (non-hydrogen) atoms. The van der Waals surface area contributed by atoms with Crippen LogP contribution in [-0.4, -0.2) is 24.1 Å². The molecule has 0 amide bonds. The van der Waals surface area contributed by atoms with Crippen LogP contribution in [0.15, 0.2) is 24.3 Å². The van der Waals surface area contributed by atoms with E-state index in [-0.39, 0.29) is 5.82 Å². The van der Waals surface area contributed by atoms with Crippen molar-refractivity contribution in [1.82, 2.24) is 5.06 Å². The molecule has 0 heterocycles. The lowest BCUT2D eigenvalue weighted by atomic mass is 9.91. The number of carbonyl (C=O) groups is 1. The third kappa shape index (κ3) is 3.01. The van der Waals surface area contributed by atoms with Crippen molar-refractivity contribution in [3.05, 3.63) is 41.2 Å². The number of hydrogen-bond donors (Lipinski definition) is 0. The predicted octanol–water partition coefficient (Wildman–Crippen LogP) is 2.96. The topological polar surface area (TPSA) is 29.5 Å². The summed E-state index contributed by atoms with van der Waals surface area (Å²) >= 11 is 0. The molecule has 0 N–H and O–H groups in total. The van der Waals surface area contributed by atoms with Crippen molar-refractivity contribution in [3.8, 4) is 0 Å². The zero-order valence-electron chi connectivity index (χ0n) is 11.3. The van der Waals surface area contributed by atoms with Crippen LogP contribution in [0.3, 0.4) is 0 Å². The molecule has 0 saturated carbocycles. The lowest BCUT2D eigenvalue weighted by Crippen LogP contribution is -2.28. The van der Waals surface area contributed by atoms with Crippen LogP contribution in [0.25, 0.3) is 5.57 Å². The van der Waals surface area contributed by atoms with E-state index in [4.69, 9.17) is 4.84 Å². The molecule has 1 aromatic rings. The second-order valence-electron chi connectivity index (χ2n) is 4.45. The standard InChI is InChI=1S/C15H18FNO2/c1-3-17(4-2)19-15(18)13-7-5-6-11-8-9-12(16)10-14(11)13/h7-10H,3-6H2,1-2H3. The molecule has 0 atom stereocenters. The third-order valence-electron chi connectivity index (χ3n) is 3.26. The average Bonchev–Trinajstić information content (AvgIpc) is 2.43. The number of halogens is 1. The van der Waals surface area contributed by atoms with Crippen LogP contribution in [0.2, 0.25) is 0 Å². The molecule has 0 aliphatic heterocycles. The lowest BCUT2D eigenvalue weighted by molar-refractivity contribution is -0.180. The molecule has 0 radical (unpaired) electrons. The van der Waals surface area contributed by atoms with E-state index < -0.39 is 5.97 Å². The average molecular weight is 263 g/mol. The van der Waals surface area contributed by atoms with Gasteiger partial charge in [0.1, 0.15) is 5.82 Å². The molecule has 0 aromatic heterocycles. The summed E-state index contributed by atoms with van der Waals surface area (Å²) in [6, 6.07) is 4.57. The van der Waals surface area contributed by atoms with Crippen molar-refractivity contribution in [2.24, 2.45) is 0 Å². The Hall–Kier alpha value is -1.68. The van der Waals surface area contributed by atoms with E-state index in [9.17, 15) is 9.18 Å². The lowest BCUT2D eigenvalue weighted by Gasteiger charge is -2.21. The van der Waals surface area contributed by atoms with Gasteiger partial charge < -0.3 is 4.84 Å². The Labute approximate surface area is 112 Å². The minimum Gasteiger partial charge on any atom is -0.364 e. The number of hydrogen-bond acceptors (Lipinski definition) is 3. The SMILES string of the molecule is CCN(CC)OC(=O)C1=CCCc2ccc(F)cc21. The fraction of sp³-hybridized carbons (Fsp3) is 0.400. The minimum absolute atomic E-state index is 0.331. The monoisotopic (exact) mass is 263 g/mol. The molecule has 0 spiro atoms. The van der Waals surface area contributed by atoms with Crippen molar-refractivity contribution in [3.63, 3.8) is 0 Å². The first-order chi connectivity index (χ1) is 9.15. The quantitative estimate of drug-likeness (QED) is 0.782. The second-order valence-corrected chi connectivity index (χ2v) is 4.45. The van der Waals surface area contributed by atoms with Crippen LogP contribution in [-0.2, 0) is 16.1 Å². The second kappa shape index (κ2) is 5.97. The van der Waals surface area contributed by atoms with Crippen LogP contribution in [0.1, 0.15) is 31.4 Å². The van der Waals surface area contributed by atoms with Crippen molar-refractivity contribution in [2.45, 2.75) is 26.7 Å². The van der Waals surface area contributed by atoms with Crippen LogP contribution >= 0.6 is 0 Å². The number of nitrogens with zero attached hydrogens (tertiary/aromatic N) is 1. The molecule has 0 unspecified atom stereocenters. The first-order valence-corrected chi connectivity index (χ1v) is 6.61. The van der Waals surface area contributed by atoms with Gasteiger partial charge in [0.2, 0.25) is 0 Å². The first-order valence-electron chi connectivity index (χ1n) is 6.61. The molecular formula is C15H18FNO2. The van der Waals surface area contributed by atoms with E-state index in [0.29, 0.717) is 24.2 Å². The number of carbonyl (C=O) groups excluding carboxylic acids is 1. The summed E-state index contributed by atoms with van der Waals surface area (Å²) in [4.78, 5) is 17.4. The number of benzene rings is 1. The van der Waals surface area contributed by atoms with Gasteiger partial charge in [-0.3, -0.25) is 0 Å². The van der Waals surface area contributed by atoms with Crippen LogP contribution in [0, 0.1) is 5.82 Å². The fourth-order valence-corrected chi connectivity index (χ4v) is 2.21.